The van der Waals surface area contributed by atoms with Crippen molar-refractivity contribution in [1.82, 2.24) is 0 Å². The summed E-state index contributed by atoms with van der Waals surface area (Å²) in [6.07, 6.45) is 4.86. The van der Waals surface area contributed by atoms with Gasteiger partial charge in [0.15, 0.2) is 0 Å². The maximum atomic E-state index is 9.68. The summed E-state index contributed by atoms with van der Waals surface area (Å²) in [4.78, 5) is 0. The third-order valence-electron chi connectivity index (χ3n) is 3.38. The summed E-state index contributed by atoms with van der Waals surface area (Å²) in [7, 11) is 0. The molecule has 3 heteroatoms. The van der Waals surface area contributed by atoms with Crippen LogP contribution in [0, 0.1) is 0 Å². The molecule has 0 amide bonds. The second-order valence-corrected chi connectivity index (χ2v) is 5.43. The van der Waals surface area contributed by atoms with Crippen molar-refractivity contribution in [1.29, 1.82) is 0 Å². The lowest BCUT2D eigenvalue weighted by Crippen LogP contribution is -2.30. The van der Waals surface area contributed by atoms with Crippen LogP contribution in [0.1, 0.15) is 32.3 Å². The molecule has 0 radical (unpaired) electrons. The van der Waals surface area contributed by atoms with Crippen LogP contribution >= 0.6 is 0 Å². The number of allylic oxidation sites excluding steroid dienone is 1. The zero-order valence-electron chi connectivity index (χ0n) is 10.9. The van der Waals surface area contributed by atoms with Gasteiger partial charge in [-0.1, -0.05) is 12.1 Å². The number of hydrogen-bond acceptors (Lipinski definition) is 3. The van der Waals surface area contributed by atoms with Gasteiger partial charge < -0.3 is 14.9 Å². The standard InChI is InChI=1S/C15H20O3/c1-15(2)8-7-11(10-18-15)3-4-12-5-6-13(16)9-14(12)17/h3,5-6,9,16-17H,4,7-8,10H2,1-2H3. The van der Waals surface area contributed by atoms with Crippen molar-refractivity contribution >= 4 is 0 Å². The van der Waals surface area contributed by atoms with Crippen molar-refractivity contribution in [2.24, 2.45) is 0 Å². The number of aromatic hydroxyl groups is 2. The van der Waals surface area contributed by atoms with E-state index in [4.69, 9.17) is 4.74 Å². The Hall–Kier alpha value is -1.48. The number of hydrogen-bond donors (Lipinski definition) is 2. The van der Waals surface area contributed by atoms with Gasteiger partial charge >= 0.3 is 0 Å². The lowest BCUT2D eigenvalue weighted by molar-refractivity contribution is -0.0294. The Kier molecular flexibility index (Phi) is 3.62. The van der Waals surface area contributed by atoms with E-state index in [1.165, 1.54) is 11.6 Å². The molecule has 1 aliphatic rings. The Labute approximate surface area is 108 Å². The fourth-order valence-electron chi connectivity index (χ4n) is 2.03. The summed E-state index contributed by atoms with van der Waals surface area (Å²) < 4.78 is 5.74. The molecule has 1 aromatic rings. The molecule has 2 rings (SSSR count). The largest absolute Gasteiger partial charge is 0.508 e. The second-order valence-electron chi connectivity index (χ2n) is 5.43. The van der Waals surface area contributed by atoms with Crippen LogP contribution in [0.3, 0.4) is 0 Å². The predicted molar refractivity (Wildman–Crippen MR) is 70.8 cm³/mol. The van der Waals surface area contributed by atoms with Gasteiger partial charge in [-0.15, -0.1) is 0 Å². The molecule has 0 atom stereocenters. The molecular formula is C15H20O3. The second kappa shape index (κ2) is 5.02. The fourth-order valence-corrected chi connectivity index (χ4v) is 2.03. The molecule has 18 heavy (non-hydrogen) atoms. The fraction of sp³-hybridized carbons (Fsp3) is 0.467. The molecule has 0 aromatic heterocycles. The molecule has 0 unspecified atom stereocenters. The third kappa shape index (κ3) is 3.26. The molecule has 98 valence electrons. The summed E-state index contributed by atoms with van der Waals surface area (Å²) in [5.74, 6) is 0.232. The molecule has 1 aromatic carbocycles. The molecular weight excluding hydrogens is 228 g/mol. The van der Waals surface area contributed by atoms with Gasteiger partial charge in [0.1, 0.15) is 11.5 Å². The highest BCUT2D eigenvalue weighted by molar-refractivity contribution is 5.40. The first-order valence-corrected chi connectivity index (χ1v) is 6.29. The highest BCUT2D eigenvalue weighted by atomic mass is 16.5. The van der Waals surface area contributed by atoms with Crippen molar-refractivity contribution in [2.45, 2.75) is 38.7 Å². The van der Waals surface area contributed by atoms with Crippen LogP contribution < -0.4 is 0 Å². The first-order chi connectivity index (χ1) is 8.46. The average molecular weight is 248 g/mol. The summed E-state index contributed by atoms with van der Waals surface area (Å²) in [6.45, 7) is 4.89. The Balaban J connectivity index is 1.99. The van der Waals surface area contributed by atoms with Crippen LogP contribution in [0.25, 0.3) is 0 Å². The molecule has 1 saturated heterocycles. The topological polar surface area (TPSA) is 49.7 Å². The van der Waals surface area contributed by atoms with Gasteiger partial charge in [-0.3, -0.25) is 0 Å². The molecule has 0 bridgehead atoms. The van der Waals surface area contributed by atoms with Crippen LogP contribution in [0.15, 0.2) is 29.8 Å². The van der Waals surface area contributed by atoms with Crippen molar-refractivity contribution in [3.05, 3.63) is 35.4 Å². The van der Waals surface area contributed by atoms with Gasteiger partial charge in [-0.25, -0.2) is 0 Å². The normalized spacial score (nSPS) is 21.1. The van der Waals surface area contributed by atoms with Gasteiger partial charge in [0.25, 0.3) is 0 Å². The number of benzene rings is 1. The van der Waals surface area contributed by atoms with Gasteiger partial charge in [0, 0.05) is 6.07 Å². The zero-order valence-corrected chi connectivity index (χ0v) is 10.9. The third-order valence-corrected chi connectivity index (χ3v) is 3.38. The smallest absolute Gasteiger partial charge is 0.122 e. The minimum absolute atomic E-state index is 0.0159. The summed E-state index contributed by atoms with van der Waals surface area (Å²) in [5, 5.41) is 18.9. The quantitative estimate of drug-likeness (QED) is 0.790. The minimum Gasteiger partial charge on any atom is -0.508 e. The van der Waals surface area contributed by atoms with Crippen molar-refractivity contribution in [3.8, 4) is 11.5 Å². The Morgan fingerprint density at radius 2 is 2.11 bits per heavy atom. The summed E-state index contributed by atoms with van der Waals surface area (Å²) in [5.41, 5.74) is 2.09. The van der Waals surface area contributed by atoms with Crippen molar-refractivity contribution < 1.29 is 14.9 Å². The predicted octanol–water partition coefficient (Wildman–Crippen LogP) is 3.16. The SMILES string of the molecule is CC1(C)CCC(=CCc2ccc(O)cc2O)CO1. The Bertz CT molecular complexity index is 449. The number of phenolic OH excluding ortho intramolecular Hbond substituents is 2. The summed E-state index contributed by atoms with van der Waals surface area (Å²) >= 11 is 0. The van der Waals surface area contributed by atoms with Crippen LogP contribution in [0.2, 0.25) is 0 Å². The maximum absolute atomic E-state index is 9.68. The molecule has 2 N–H and O–H groups in total. The lowest BCUT2D eigenvalue weighted by Gasteiger charge is -2.31. The number of ether oxygens (including phenoxy) is 1. The highest BCUT2D eigenvalue weighted by Gasteiger charge is 2.23. The maximum Gasteiger partial charge on any atom is 0.122 e. The molecule has 0 saturated carbocycles. The first kappa shape index (κ1) is 13.0. The molecule has 1 heterocycles. The molecule has 0 spiro atoms. The molecule has 3 nitrogen and oxygen atoms in total. The minimum atomic E-state index is -0.0159. The van der Waals surface area contributed by atoms with Gasteiger partial charge in [-0.05, 0) is 50.3 Å². The van der Waals surface area contributed by atoms with Crippen LogP contribution in [0.5, 0.6) is 11.5 Å². The van der Waals surface area contributed by atoms with E-state index in [2.05, 4.69) is 19.9 Å². The van der Waals surface area contributed by atoms with E-state index in [9.17, 15) is 10.2 Å². The molecule has 0 aliphatic carbocycles. The van der Waals surface area contributed by atoms with Crippen molar-refractivity contribution in [3.63, 3.8) is 0 Å². The first-order valence-electron chi connectivity index (χ1n) is 6.29. The van der Waals surface area contributed by atoms with Gasteiger partial charge in [0.2, 0.25) is 0 Å². The van der Waals surface area contributed by atoms with E-state index < -0.39 is 0 Å². The van der Waals surface area contributed by atoms with E-state index in [1.807, 2.05) is 0 Å². The van der Waals surface area contributed by atoms with E-state index in [0.29, 0.717) is 13.0 Å². The lowest BCUT2D eigenvalue weighted by atomic mass is 9.94. The summed E-state index contributed by atoms with van der Waals surface area (Å²) in [6, 6.07) is 4.71. The number of phenols is 2. The van der Waals surface area contributed by atoms with Crippen LogP contribution in [-0.2, 0) is 11.2 Å². The Morgan fingerprint density at radius 1 is 1.33 bits per heavy atom. The van der Waals surface area contributed by atoms with E-state index in [0.717, 1.165) is 18.4 Å². The average Bonchev–Trinajstić information content (AvgIpc) is 2.29. The van der Waals surface area contributed by atoms with Crippen molar-refractivity contribution in [2.75, 3.05) is 6.61 Å². The molecule has 1 fully saturated rings. The van der Waals surface area contributed by atoms with Crippen LogP contribution in [-0.4, -0.2) is 22.4 Å². The highest BCUT2D eigenvalue weighted by Crippen LogP contribution is 2.28. The van der Waals surface area contributed by atoms with Crippen LogP contribution in [0.4, 0.5) is 0 Å². The van der Waals surface area contributed by atoms with E-state index >= 15 is 0 Å². The zero-order chi connectivity index (χ0) is 13.2. The van der Waals surface area contributed by atoms with E-state index in [1.54, 1.807) is 12.1 Å². The monoisotopic (exact) mass is 248 g/mol. The number of rotatable bonds is 2. The van der Waals surface area contributed by atoms with Gasteiger partial charge in [0.05, 0.1) is 12.2 Å². The van der Waals surface area contributed by atoms with Gasteiger partial charge in [-0.2, -0.15) is 0 Å². The molecule has 1 aliphatic heterocycles. The van der Waals surface area contributed by atoms with E-state index in [-0.39, 0.29) is 17.1 Å². The Morgan fingerprint density at radius 3 is 2.72 bits per heavy atom.